The van der Waals surface area contributed by atoms with Gasteiger partial charge < -0.3 is 19.9 Å². The second-order valence-electron chi connectivity index (χ2n) is 7.99. The van der Waals surface area contributed by atoms with Crippen LogP contribution in [0.3, 0.4) is 0 Å². The molecular weight excluding hydrogens is 422 g/mol. The van der Waals surface area contributed by atoms with Gasteiger partial charge in [-0.25, -0.2) is 9.78 Å². The maximum atomic E-state index is 12.7. The van der Waals surface area contributed by atoms with Crippen LogP contribution in [-0.2, 0) is 29.6 Å². The number of rotatable bonds is 9. The Morgan fingerprint density at radius 3 is 2.64 bits per heavy atom. The smallest absolute Gasteiger partial charge is 0.325 e. The van der Waals surface area contributed by atoms with Gasteiger partial charge >= 0.3 is 6.03 Å². The Bertz CT molecular complexity index is 1170. The van der Waals surface area contributed by atoms with Gasteiger partial charge in [-0.15, -0.1) is 0 Å². The molecule has 0 radical (unpaired) electrons. The first-order chi connectivity index (χ1) is 16.0. The maximum absolute atomic E-state index is 12.7. The standard InChI is InChI=1S/C24H27N5O4/c1-28-20-6-4-3-5-18(20)26-21(28)13-14-25-22(30)12-11-19-23(31)29(24(32)27-19)15-16-7-9-17(33-2)10-8-16/h3-10,19H,11-15H2,1-2H3,(H,25,30)(H,27,32). The van der Waals surface area contributed by atoms with Crippen molar-refractivity contribution in [3.8, 4) is 5.75 Å². The van der Waals surface area contributed by atoms with Gasteiger partial charge in [0.1, 0.15) is 17.6 Å². The van der Waals surface area contributed by atoms with E-state index in [1.54, 1.807) is 19.2 Å². The molecule has 3 aromatic rings. The van der Waals surface area contributed by atoms with E-state index in [-0.39, 0.29) is 31.2 Å². The number of nitrogens with zero attached hydrogens (tertiary/aromatic N) is 3. The van der Waals surface area contributed by atoms with Crippen molar-refractivity contribution in [1.82, 2.24) is 25.1 Å². The molecule has 4 rings (SSSR count). The highest BCUT2D eigenvalue weighted by molar-refractivity contribution is 6.04. The van der Waals surface area contributed by atoms with Gasteiger partial charge in [-0.2, -0.15) is 0 Å². The van der Waals surface area contributed by atoms with Crippen molar-refractivity contribution in [2.75, 3.05) is 13.7 Å². The van der Waals surface area contributed by atoms with Crippen LogP contribution in [0.15, 0.2) is 48.5 Å². The van der Waals surface area contributed by atoms with Gasteiger partial charge in [0.2, 0.25) is 5.91 Å². The lowest BCUT2D eigenvalue weighted by atomic mass is 10.1. The molecule has 172 valence electrons. The Kier molecular flexibility index (Phi) is 6.58. The van der Waals surface area contributed by atoms with E-state index in [0.717, 1.165) is 22.4 Å². The highest BCUT2D eigenvalue weighted by atomic mass is 16.5. The molecule has 0 bridgehead atoms. The molecule has 9 nitrogen and oxygen atoms in total. The summed E-state index contributed by atoms with van der Waals surface area (Å²) in [6.45, 7) is 0.625. The van der Waals surface area contributed by atoms with Crippen LogP contribution in [0.2, 0.25) is 0 Å². The molecule has 1 saturated heterocycles. The number of imide groups is 1. The Morgan fingerprint density at radius 2 is 1.91 bits per heavy atom. The van der Waals surface area contributed by atoms with E-state index in [1.807, 2.05) is 48.0 Å². The second kappa shape index (κ2) is 9.72. The number of hydrogen-bond donors (Lipinski definition) is 2. The van der Waals surface area contributed by atoms with Gasteiger partial charge in [-0.1, -0.05) is 24.3 Å². The number of hydrogen-bond acceptors (Lipinski definition) is 5. The molecule has 2 aromatic carbocycles. The van der Waals surface area contributed by atoms with Gasteiger partial charge in [0.05, 0.1) is 24.7 Å². The first kappa shape index (κ1) is 22.3. The van der Waals surface area contributed by atoms with Crippen molar-refractivity contribution < 1.29 is 19.1 Å². The van der Waals surface area contributed by atoms with Gasteiger partial charge in [0, 0.05) is 26.4 Å². The molecular formula is C24H27N5O4. The van der Waals surface area contributed by atoms with Gasteiger partial charge in [0.15, 0.2) is 0 Å². The molecule has 1 atom stereocenters. The summed E-state index contributed by atoms with van der Waals surface area (Å²) in [5, 5.41) is 5.55. The molecule has 9 heteroatoms. The lowest BCUT2D eigenvalue weighted by Crippen LogP contribution is -2.33. The molecule has 1 fully saturated rings. The number of imidazole rings is 1. The molecule has 33 heavy (non-hydrogen) atoms. The van der Waals surface area contributed by atoms with E-state index in [9.17, 15) is 14.4 Å². The number of aryl methyl sites for hydroxylation is 1. The number of para-hydroxylation sites is 2. The number of amides is 4. The molecule has 1 aliphatic rings. The summed E-state index contributed by atoms with van der Waals surface area (Å²) < 4.78 is 7.14. The fraction of sp³-hybridized carbons (Fsp3) is 0.333. The lowest BCUT2D eigenvalue weighted by Gasteiger charge is -2.13. The number of urea groups is 1. The summed E-state index contributed by atoms with van der Waals surface area (Å²) in [5.74, 6) is 1.12. The number of aromatic nitrogens is 2. The molecule has 2 N–H and O–H groups in total. The summed E-state index contributed by atoms with van der Waals surface area (Å²) in [6, 6.07) is 13.9. The van der Waals surface area contributed by atoms with Crippen molar-refractivity contribution in [3.05, 3.63) is 59.9 Å². The van der Waals surface area contributed by atoms with Crippen molar-refractivity contribution in [1.29, 1.82) is 0 Å². The average Bonchev–Trinajstić information content (AvgIpc) is 3.29. The summed E-state index contributed by atoms with van der Waals surface area (Å²) in [6.07, 6.45) is 1.00. The minimum Gasteiger partial charge on any atom is -0.497 e. The number of nitrogens with one attached hydrogen (secondary N) is 2. The quantitative estimate of drug-likeness (QED) is 0.487. The summed E-state index contributed by atoms with van der Waals surface area (Å²) >= 11 is 0. The van der Waals surface area contributed by atoms with E-state index >= 15 is 0 Å². The Morgan fingerprint density at radius 1 is 1.15 bits per heavy atom. The number of benzene rings is 2. The molecule has 4 amide bonds. The van der Waals surface area contributed by atoms with E-state index in [4.69, 9.17) is 4.74 Å². The van der Waals surface area contributed by atoms with Crippen LogP contribution in [0.4, 0.5) is 4.79 Å². The van der Waals surface area contributed by atoms with Crippen LogP contribution < -0.4 is 15.4 Å². The van der Waals surface area contributed by atoms with Crippen molar-refractivity contribution in [2.45, 2.75) is 31.8 Å². The largest absolute Gasteiger partial charge is 0.497 e. The van der Waals surface area contributed by atoms with Crippen LogP contribution >= 0.6 is 0 Å². The maximum Gasteiger partial charge on any atom is 0.325 e. The number of methoxy groups -OCH3 is 1. The topological polar surface area (TPSA) is 106 Å². The van der Waals surface area contributed by atoms with Crippen molar-refractivity contribution >= 4 is 28.9 Å². The van der Waals surface area contributed by atoms with Crippen LogP contribution in [0.5, 0.6) is 5.75 Å². The highest BCUT2D eigenvalue weighted by Crippen LogP contribution is 2.18. The fourth-order valence-electron chi connectivity index (χ4n) is 3.93. The SMILES string of the molecule is COc1ccc(CN2C(=O)NC(CCC(=O)NCCc3nc4ccccc4n3C)C2=O)cc1. The van der Waals surface area contributed by atoms with Crippen LogP contribution in [0.25, 0.3) is 11.0 Å². The predicted octanol–water partition coefficient (Wildman–Crippen LogP) is 2.14. The molecule has 0 saturated carbocycles. The molecule has 1 aromatic heterocycles. The van der Waals surface area contributed by atoms with Gasteiger partial charge in [-0.3, -0.25) is 14.5 Å². The summed E-state index contributed by atoms with van der Waals surface area (Å²) in [4.78, 5) is 43.0. The van der Waals surface area contributed by atoms with Crippen molar-refractivity contribution in [3.63, 3.8) is 0 Å². The molecule has 1 unspecified atom stereocenters. The third-order valence-corrected chi connectivity index (χ3v) is 5.82. The van der Waals surface area contributed by atoms with E-state index in [1.165, 1.54) is 4.90 Å². The minimum atomic E-state index is -0.693. The number of fused-ring (bicyclic) bond motifs is 1. The zero-order valence-electron chi connectivity index (χ0n) is 18.7. The third-order valence-electron chi connectivity index (χ3n) is 5.82. The summed E-state index contributed by atoms with van der Waals surface area (Å²) in [7, 11) is 3.53. The number of carbonyl (C=O) groups is 3. The van der Waals surface area contributed by atoms with Crippen LogP contribution in [0, 0.1) is 0 Å². The van der Waals surface area contributed by atoms with Gasteiger partial charge in [-0.05, 0) is 36.2 Å². The second-order valence-corrected chi connectivity index (χ2v) is 7.99. The molecule has 0 aliphatic carbocycles. The highest BCUT2D eigenvalue weighted by Gasteiger charge is 2.37. The zero-order valence-corrected chi connectivity index (χ0v) is 18.7. The molecule has 1 aliphatic heterocycles. The minimum absolute atomic E-state index is 0.148. The Balaban J connectivity index is 1.23. The number of carbonyl (C=O) groups excluding carboxylic acids is 3. The Hall–Kier alpha value is -3.88. The first-order valence-electron chi connectivity index (χ1n) is 10.9. The van der Waals surface area contributed by atoms with Crippen molar-refractivity contribution in [2.24, 2.45) is 7.05 Å². The van der Waals surface area contributed by atoms with Crippen LogP contribution in [0.1, 0.15) is 24.2 Å². The lowest BCUT2D eigenvalue weighted by molar-refractivity contribution is -0.128. The molecule has 2 heterocycles. The predicted molar refractivity (Wildman–Crippen MR) is 123 cm³/mol. The monoisotopic (exact) mass is 449 g/mol. The normalized spacial score (nSPS) is 15.7. The van der Waals surface area contributed by atoms with Gasteiger partial charge in [0.25, 0.3) is 5.91 Å². The molecule has 0 spiro atoms. The average molecular weight is 450 g/mol. The summed E-state index contributed by atoms with van der Waals surface area (Å²) in [5.41, 5.74) is 2.80. The van der Waals surface area contributed by atoms with E-state index < -0.39 is 12.1 Å². The fourth-order valence-corrected chi connectivity index (χ4v) is 3.93. The zero-order chi connectivity index (χ0) is 23.4. The number of ether oxygens (including phenoxy) is 1. The third kappa shape index (κ3) is 4.97. The van der Waals surface area contributed by atoms with E-state index in [2.05, 4.69) is 15.6 Å². The van der Waals surface area contributed by atoms with Crippen LogP contribution in [-0.4, -0.2) is 52.0 Å². The Labute approximate surface area is 191 Å². The first-order valence-corrected chi connectivity index (χ1v) is 10.9. The van der Waals surface area contributed by atoms with E-state index in [0.29, 0.717) is 18.7 Å².